The summed E-state index contributed by atoms with van der Waals surface area (Å²) in [6.07, 6.45) is -0.358. The molecule has 0 unspecified atom stereocenters. The molecule has 2 N–H and O–H groups in total. The number of ether oxygens (including phenoxy) is 1. The molecule has 0 fully saturated rings. The van der Waals surface area contributed by atoms with Crippen LogP contribution in [0, 0.1) is 0 Å². The molecule has 0 saturated heterocycles. The molecule has 0 aliphatic rings. The van der Waals surface area contributed by atoms with Crippen molar-refractivity contribution < 1.29 is 9.53 Å². The Balaban J connectivity index is 0.00000256. The molecule has 1 heterocycles. The summed E-state index contributed by atoms with van der Waals surface area (Å²) in [5.41, 5.74) is 0. The van der Waals surface area contributed by atoms with Crippen molar-refractivity contribution in [2.45, 2.75) is 13.5 Å². The van der Waals surface area contributed by atoms with Gasteiger partial charge < -0.3 is 15.4 Å². The molecule has 0 saturated carbocycles. The van der Waals surface area contributed by atoms with Crippen LogP contribution < -0.4 is 10.6 Å². The van der Waals surface area contributed by atoms with Crippen molar-refractivity contribution in [3.63, 3.8) is 0 Å². The highest BCUT2D eigenvalue weighted by Crippen LogP contribution is 2.21. The average Bonchev–Trinajstić information content (AvgIpc) is 2.64. The highest BCUT2D eigenvalue weighted by molar-refractivity contribution is 9.11. The van der Waals surface area contributed by atoms with E-state index < -0.39 is 0 Å². The number of hydrogen-bond acceptors (Lipinski definition) is 4. The first-order valence-electron chi connectivity index (χ1n) is 5.08. The Hall–Kier alpha value is -0.300. The topological polar surface area (TPSA) is 50.4 Å². The van der Waals surface area contributed by atoms with Gasteiger partial charge in [-0.15, -0.1) is 23.7 Å². The Morgan fingerprint density at radius 3 is 2.82 bits per heavy atom. The van der Waals surface area contributed by atoms with E-state index in [1.165, 1.54) is 4.88 Å². The van der Waals surface area contributed by atoms with E-state index in [2.05, 4.69) is 32.6 Å². The summed E-state index contributed by atoms with van der Waals surface area (Å²) >= 11 is 5.11. The lowest BCUT2D eigenvalue weighted by Crippen LogP contribution is -2.31. The molecular weight excluding hydrogens is 328 g/mol. The molecule has 4 nitrogen and oxygen atoms in total. The Morgan fingerprint density at radius 1 is 1.47 bits per heavy atom. The molecule has 0 radical (unpaired) electrons. The van der Waals surface area contributed by atoms with Crippen molar-refractivity contribution in [1.82, 2.24) is 10.6 Å². The zero-order valence-corrected chi connectivity index (χ0v) is 12.7. The van der Waals surface area contributed by atoms with Crippen LogP contribution in [0.1, 0.15) is 11.8 Å². The summed E-state index contributed by atoms with van der Waals surface area (Å²) in [5, 5.41) is 5.88. The second-order valence-corrected chi connectivity index (χ2v) is 5.58. The number of hydrogen-bond donors (Lipinski definition) is 2. The van der Waals surface area contributed by atoms with Gasteiger partial charge in [-0.2, -0.15) is 0 Å². The Kier molecular flexibility index (Phi) is 9.53. The van der Waals surface area contributed by atoms with Crippen LogP contribution >= 0.6 is 39.7 Å². The van der Waals surface area contributed by atoms with Crippen LogP contribution in [0.3, 0.4) is 0 Å². The van der Waals surface area contributed by atoms with Gasteiger partial charge in [-0.05, 0) is 35.0 Å². The lowest BCUT2D eigenvalue weighted by Gasteiger charge is -2.05. The minimum atomic E-state index is -0.358. The Labute approximate surface area is 120 Å². The van der Waals surface area contributed by atoms with Gasteiger partial charge in [0, 0.05) is 24.5 Å². The molecule has 0 aromatic carbocycles. The van der Waals surface area contributed by atoms with Gasteiger partial charge >= 0.3 is 6.09 Å². The molecule has 17 heavy (non-hydrogen) atoms. The van der Waals surface area contributed by atoms with Crippen molar-refractivity contribution in [3.8, 4) is 0 Å². The molecule has 0 spiro atoms. The number of rotatable bonds is 6. The van der Waals surface area contributed by atoms with Crippen LogP contribution in [0.25, 0.3) is 0 Å². The molecule has 0 aliphatic carbocycles. The summed E-state index contributed by atoms with van der Waals surface area (Å²) in [7, 11) is 0. The normalized spacial score (nSPS) is 9.53. The zero-order chi connectivity index (χ0) is 11.8. The molecule has 0 aliphatic heterocycles. The van der Waals surface area contributed by atoms with Gasteiger partial charge in [0.05, 0.1) is 10.4 Å². The first-order chi connectivity index (χ1) is 7.72. The number of amides is 1. The van der Waals surface area contributed by atoms with E-state index in [0.29, 0.717) is 13.2 Å². The van der Waals surface area contributed by atoms with E-state index >= 15 is 0 Å². The predicted molar refractivity (Wildman–Crippen MR) is 76.0 cm³/mol. The summed E-state index contributed by atoms with van der Waals surface area (Å²) in [6, 6.07) is 4.10. The SMILES string of the molecule is CCOC(=O)NCCNCc1ccc(Br)s1.Cl. The van der Waals surface area contributed by atoms with Gasteiger partial charge in [0.2, 0.25) is 0 Å². The van der Waals surface area contributed by atoms with Gasteiger partial charge in [0.15, 0.2) is 0 Å². The van der Waals surface area contributed by atoms with E-state index in [4.69, 9.17) is 4.74 Å². The predicted octanol–water partition coefficient (Wildman–Crippen LogP) is 2.77. The van der Waals surface area contributed by atoms with Gasteiger partial charge in [0.25, 0.3) is 0 Å². The quantitative estimate of drug-likeness (QED) is 0.781. The number of thiophene rings is 1. The van der Waals surface area contributed by atoms with Crippen molar-refractivity contribution >= 4 is 45.8 Å². The van der Waals surface area contributed by atoms with E-state index in [1.807, 2.05) is 6.07 Å². The fraction of sp³-hybridized carbons (Fsp3) is 0.500. The molecule has 98 valence electrons. The van der Waals surface area contributed by atoms with Crippen LogP contribution in [-0.2, 0) is 11.3 Å². The van der Waals surface area contributed by atoms with Crippen LogP contribution in [0.15, 0.2) is 15.9 Å². The van der Waals surface area contributed by atoms with E-state index in [-0.39, 0.29) is 18.5 Å². The maximum atomic E-state index is 10.9. The van der Waals surface area contributed by atoms with E-state index in [9.17, 15) is 4.79 Å². The van der Waals surface area contributed by atoms with Crippen molar-refractivity contribution in [1.29, 1.82) is 0 Å². The zero-order valence-electron chi connectivity index (χ0n) is 9.49. The molecule has 0 atom stereocenters. The molecule has 1 aromatic heterocycles. The number of halogens is 2. The Morgan fingerprint density at radius 2 is 2.24 bits per heavy atom. The van der Waals surface area contributed by atoms with E-state index in [1.54, 1.807) is 18.3 Å². The van der Waals surface area contributed by atoms with Crippen LogP contribution in [0.4, 0.5) is 4.79 Å². The van der Waals surface area contributed by atoms with E-state index in [0.717, 1.165) is 16.9 Å². The van der Waals surface area contributed by atoms with Gasteiger partial charge in [-0.3, -0.25) is 0 Å². The fourth-order valence-electron chi connectivity index (χ4n) is 1.09. The lowest BCUT2D eigenvalue weighted by molar-refractivity contribution is 0.152. The van der Waals surface area contributed by atoms with Crippen molar-refractivity contribution in [2.24, 2.45) is 0 Å². The third-order valence-corrected chi connectivity index (χ3v) is 3.40. The fourth-order valence-corrected chi connectivity index (χ4v) is 2.55. The Bertz CT molecular complexity index is 336. The van der Waals surface area contributed by atoms with Gasteiger partial charge in [-0.1, -0.05) is 0 Å². The molecule has 0 bridgehead atoms. The first-order valence-corrected chi connectivity index (χ1v) is 6.69. The highest BCUT2D eigenvalue weighted by Gasteiger charge is 1.99. The molecular formula is C10H16BrClN2O2S. The van der Waals surface area contributed by atoms with Crippen LogP contribution in [0.2, 0.25) is 0 Å². The minimum Gasteiger partial charge on any atom is -0.450 e. The lowest BCUT2D eigenvalue weighted by atomic mass is 10.4. The third kappa shape index (κ3) is 7.59. The second-order valence-electron chi connectivity index (χ2n) is 3.03. The maximum absolute atomic E-state index is 10.9. The number of carbonyl (C=O) groups is 1. The van der Waals surface area contributed by atoms with Crippen LogP contribution in [0.5, 0.6) is 0 Å². The number of carbonyl (C=O) groups excluding carboxylic acids is 1. The van der Waals surface area contributed by atoms with Crippen molar-refractivity contribution in [3.05, 3.63) is 20.8 Å². The van der Waals surface area contributed by atoms with Gasteiger partial charge in [0.1, 0.15) is 0 Å². The summed E-state index contributed by atoms with van der Waals surface area (Å²) < 4.78 is 5.86. The molecule has 1 amide bonds. The first kappa shape index (κ1) is 16.7. The summed E-state index contributed by atoms with van der Waals surface area (Å²) in [4.78, 5) is 12.2. The number of nitrogens with one attached hydrogen (secondary N) is 2. The largest absolute Gasteiger partial charge is 0.450 e. The summed E-state index contributed by atoms with van der Waals surface area (Å²) in [6.45, 7) is 4.31. The third-order valence-electron chi connectivity index (χ3n) is 1.77. The monoisotopic (exact) mass is 342 g/mol. The highest BCUT2D eigenvalue weighted by atomic mass is 79.9. The molecule has 1 rings (SSSR count). The maximum Gasteiger partial charge on any atom is 0.407 e. The minimum absolute atomic E-state index is 0. The molecule has 7 heteroatoms. The van der Waals surface area contributed by atoms with Crippen molar-refractivity contribution in [2.75, 3.05) is 19.7 Å². The van der Waals surface area contributed by atoms with Gasteiger partial charge in [-0.25, -0.2) is 4.79 Å². The van der Waals surface area contributed by atoms with Crippen LogP contribution in [-0.4, -0.2) is 25.8 Å². The smallest absolute Gasteiger partial charge is 0.407 e. The molecule has 1 aromatic rings. The second kappa shape index (κ2) is 9.70. The average molecular weight is 344 g/mol. The summed E-state index contributed by atoms with van der Waals surface area (Å²) in [5.74, 6) is 0. The standard InChI is InChI=1S/C10H15BrN2O2S.ClH/c1-2-15-10(14)13-6-5-12-7-8-3-4-9(11)16-8;/h3-4,12H,2,5-7H2,1H3,(H,13,14);1H. The number of alkyl carbamates (subject to hydrolysis) is 1.